The number of rotatable bonds is 16. The Labute approximate surface area is 536 Å². The van der Waals surface area contributed by atoms with E-state index in [0.29, 0.717) is 38.6 Å². The highest BCUT2D eigenvalue weighted by Crippen LogP contribution is 2.22. The van der Waals surface area contributed by atoms with Crippen LogP contribution in [-0.4, -0.2) is 174 Å². The number of imidazole rings is 1. The molecule has 0 aliphatic carbocycles. The number of nitrogens with zero attached hydrogens (tertiary/aromatic N) is 1. The number of hydrogen-bond acceptors (Lipinski definition) is 15. The lowest BCUT2D eigenvalue weighted by molar-refractivity contribution is -0.138. The maximum atomic E-state index is 14.7. The zero-order valence-electron chi connectivity index (χ0n) is 51.7. The molecule has 2 aromatic carbocycles. The van der Waals surface area contributed by atoms with E-state index in [1.54, 1.807) is 90.3 Å². The van der Waals surface area contributed by atoms with Crippen molar-refractivity contribution in [3.63, 3.8) is 0 Å². The molecule has 11 amide bonds. The number of aliphatic carboxylic acids is 1. The van der Waals surface area contributed by atoms with E-state index in [1.807, 2.05) is 12.1 Å². The molecule has 1 aliphatic heterocycles. The van der Waals surface area contributed by atoms with Crippen LogP contribution in [0.15, 0.2) is 73.4 Å². The molecule has 3 aromatic heterocycles. The smallest absolute Gasteiger partial charge is 0.303 e. The van der Waals surface area contributed by atoms with Crippen molar-refractivity contribution >= 4 is 118 Å². The third kappa shape index (κ3) is 20.8. The van der Waals surface area contributed by atoms with Gasteiger partial charge in [-0.2, -0.15) is 25.3 Å². The number of nitrogens with one attached hydrogen (secondary N) is 14. The summed E-state index contributed by atoms with van der Waals surface area (Å²) in [4.78, 5) is 182. The third-order valence-corrected chi connectivity index (χ3v) is 15.8. The standard InChI is InChI=1S/C61H83N15O13S2/c1-30(2)18-42-53(81)65-26-49(77)68-41(16-17-50(78)79)54(82)71-43(19-31(3)4)58(86)76-51(32(5)6)61(89)73-45(21-35-24-64-40-15-11-9-13-38(35)40)56(84)74-48(28-91)60(88)75-47(27-90)59(87)67-33(7)52(80)69-44(20-34-23-63-39-14-10-8-12-37(34)39)55(83)72-46(57(85)70-42)22-36-25-62-29-66-36/h8-15,23-25,29-33,41-48,51,63-64,90-91H,16-22,26-28H2,1-7H3,(H,62,66)(H,65,81)(H,67,87)(H,68,77)(H,69,80)(H,70,85)(H,71,82)(H,72,83)(H,73,89)(H,74,84)(H,75,88)(H,76,86)(H,78,79)/t33-,41-,42-,43-,44-,45-,46-,47-,48-,51-/m0/s1. The summed E-state index contributed by atoms with van der Waals surface area (Å²) in [5.74, 6) is -12.8. The van der Waals surface area contributed by atoms with Crippen molar-refractivity contribution in [3.8, 4) is 0 Å². The van der Waals surface area contributed by atoms with E-state index in [9.17, 15) is 62.6 Å². The van der Waals surface area contributed by atoms with Crippen LogP contribution in [0.4, 0.5) is 0 Å². The zero-order chi connectivity index (χ0) is 66.6. The Morgan fingerprint density at radius 1 is 0.505 bits per heavy atom. The normalized spacial score (nSPS) is 24.1. The molecule has 1 aliphatic rings. The number of hydrogen-bond donors (Lipinski definition) is 17. The van der Waals surface area contributed by atoms with Crippen LogP contribution in [0, 0.1) is 17.8 Å². The summed E-state index contributed by atoms with van der Waals surface area (Å²) in [6.07, 6.45) is 4.50. The second-order valence-electron chi connectivity index (χ2n) is 23.7. The van der Waals surface area contributed by atoms with E-state index in [0.717, 1.165) is 0 Å². The van der Waals surface area contributed by atoms with Gasteiger partial charge in [-0.15, -0.1) is 0 Å². The van der Waals surface area contributed by atoms with Crippen LogP contribution in [-0.2, 0) is 76.8 Å². The molecule has 0 bridgehead atoms. The summed E-state index contributed by atoms with van der Waals surface area (Å²) in [6.45, 7) is 10.9. The van der Waals surface area contributed by atoms with Crippen molar-refractivity contribution in [2.75, 3.05) is 18.1 Å². The first-order chi connectivity index (χ1) is 43.2. The van der Waals surface area contributed by atoms with Crippen LogP contribution in [0.3, 0.4) is 0 Å². The monoisotopic (exact) mass is 1300 g/mol. The van der Waals surface area contributed by atoms with Gasteiger partial charge in [-0.25, -0.2) is 4.98 Å². The highest BCUT2D eigenvalue weighted by atomic mass is 32.1. The van der Waals surface area contributed by atoms with Gasteiger partial charge in [0.25, 0.3) is 0 Å². The first-order valence-corrected chi connectivity index (χ1v) is 31.3. The molecule has 4 heterocycles. The molecule has 30 heteroatoms. The SMILES string of the molecule is CC(C)C[C@@H]1NC(=O)[C@H](Cc2cnc[nH]2)NC(=O)[C@H](Cc2c[nH]c3ccccc23)NC(=O)[C@H](C)NC(=O)[C@H](CS)NC(=O)[C@H](CS)NC(=O)[C@H](Cc2c[nH]c3ccccc23)NC(=O)[C@H](C(C)C)NC(=O)[C@H](CC(C)C)NC(=O)[C@H](CCC(=O)O)NC(=O)CNC1=O. The molecule has 1 fully saturated rings. The Hall–Kier alpha value is -8.93. The number of carbonyl (C=O) groups is 12. The number of carboxylic acid groups (broad SMARTS) is 1. The molecule has 492 valence electrons. The molecule has 10 atom stereocenters. The van der Waals surface area contributed by atoms with E-state index in [2.05, 4.69) is 104 Å². The molecule has 0 unspecified atom stereocenters. The van der Waals surface area contributed by atoms with E-state index in [4.69, 9.17) is 0 Å². The number of amides is 11. The number of carbonyl (C=O) groups excluding carboxylic acids is 11. The molecule has 0 radical (unpaired) electrons. The van der Waals surface area contributed by atoms with Crippen LogP contribution < -0.4 is 58.5 Å². The largest absolute Gasteiger partial charge is 0.481 e. The number of aromatic amines is 3. The van der Waals surface area contributed by atoms with Crippen molar-refractivity contribution in [3.05, 3.63) is 90.3 Å². The van der Waals surface area contributed by atoms with Crippen LogP contribution in [0.25, 0.3) is 21.8 Å². The number of benzene rings is 2. The highest BCUT2D eigenvalue weighted by molar-refractivity contribution is 7.80. The lowest BCUT2D eigenvalue weighted by Crippen LogP contribution is -2.61. The van der Waals surface area contributed by atoms with Gasteiger partial charge in [0.05, 0.1) is 12.9 Å². The second-order valence-corrected chi connectivity index (χ2v) is 24.4. The van der Waals surface area contributed by atoms with Gasteiger partial charge in [-0.3, -0.25) is 57.5 Å². The van der Waals surface area contributed by atoms with Crippen molar-refractivity contribution in [2.45, 2.75) is 154 Å². The molecule has 28 nitrogen and oxygen atoms in total. The number of aromatic nitrogens is 4. The Morgan fingerprint density at radius 2 is 0.934 bits per heavy atom. The summed E-state index contributed by atoms with van der Waals surface area (Å²) in [6, 6.07) is 0.169. The van der Waals surface area contributed by atoms with E-state index < -0.39 is 157 Å². The predicted molar refractivity (Wildman–Crippen MR) is 343 cm³/mol. The molecule has 1 saturated heterocycles. The molecule has 6 rings (SSSR count). The maximum Gasteiger partial charge on any atom is 0.303 e. The number of thiol groups is 2. The summed E-state index contributed by atoms with van der Waals surface area (Å²) in [7, 11) is 0. The molecule has 0 saturated carbocycles. The summed E-state index contributed by atoms with van der Waals surface area (Å²) >= 11 is 8.67. The van der Waals surface area contributed by atoms with E-state index in [1.165, 1.54) is 19.4 Å². The first-order valence-electron chi connectivity index (χ1n) is 30.1. The molecule has 0 spiro atoms. The number of carboxylic acids is 1. The second kappa shape index (κ2) is 33.8. The van der Waals surface area contributed by atoms with Gasteiger partial charge in [-0.05, 0) is 67.2 Å². The minimum Gasteiger partial charge on any atom is -0.481 e. The fraction of sp³-hybridized carbons (Fsp3) is 0.492. The van der Waals surface area contributed by atoms with Crippen molar-refractivity contribution in [2.24, 2.45) is 17.8 Å². The van der Waals surface area contributed by atoms with Gasteiger partial charge in [0, 0.05) is 83.3 Å². The van der Waals surface area contributed by atoms with Crippen molar-refractivity contribution < 1.29 is 62.6 Å². The van der Waals surface area contributed by atoms with Crippen molar-refractivity contribution in [1.82, 2.24) is 78.4 Å². The quantitative estimate of drug-likeness (QED) is 0.0573. The van der Waals surface area contributed by atoms with Gasteiger partial charge in [0.1, 0.15) is 60.4 Å². The lowest BCUT2D eigenvalue weighted by Gasteiger charge is -2.29. The number of H-pyrrole nitrogens is 3. The fourth-order valence-corrected chi connectivity index (χ4v) is 10.8. The average molecular weight is 1300 g/mol. The summed E-state index contributed by atoms with van der Waals surface area (Å²) in [5.41, 5.74) is 2.99. The lowest BCUT2D eigenvalue weighted by atomic mass is 9.98. The van der Waals surface area contributed by atoms with Gasteiger partial charge in [0.15, 0.2) is 0 Å². The summed E-state index contributed by atoms with van der Waals surface area (Å²) < 4.78 is 0. The van der Waals surface area contributed by atoms with Gasteiger partial charge in [-0.1, -0.05) is 77.9 Å². The molecule has 15 N–H and O–H groups in total. The van der Waals surface area contributed by atoms with E-state index >= 15 is 0 Å². The summed E-state index contributed by atoms with van der Waals surface area (Å²) in [5, 5.41) is 39.9. The first kappa shape index (κ1) is 71.1. The minimum atomic E-state index is -1.58. The molecule has 91 heavy (non-hydrogen) atoms. The molecular formula is C61H83N15O13S2. The highest BCUT2D eigenvalue weighted by Gasteiger charge is 2.37. The maximum absolute atomic E-state index is 14.7. The Kier molecular flexibility index (Phi) is 26.4. The average Bonchev–Trinajstić information content (AvgIpc) is 2.40. The Balaban J connectivity index is 1.37. The van der Waals surface area contributed by atoms with Crippen LogP contribution in [0.1, 0.15) is 91.0 Å². The topological polar surface area (TPSA) is 418 Å². The zero-order valence-corrected chi connectivity index (χ0v) is 53.5. The van der Waals surface area contributed by atoms with Gasteiger partial charge < -0.3 is 78.5 Å². The van der Waals surface area contributed by atoms with Crippen LogP contribution >= 0.6 is 25.3 Å². The predicted octanol–water partition coefficient (Wildman–Crippen LogP) is -0.130. The van der Waals surface area contributed by atoms with Crippen LogP contribution in [0.2, 0.25) is 0 Å². The van der Waals surface area contributed by atoms with Crippen LogP contribution in [0.5, 0.6) is 0 Å². The Bertz CT molecular complexity index is 3410. The minimum absolute atomic E-state index is 0.0107. The van der Waals surface area contributed by atoms with Crippen molar-refractivity contribution in [1.29, 1.82) is 0 Å². The number of para-hydroxylation sites is 2. The Morgan fingerprint density at radius 3 is 1.42 bits per heavy atom. The van der Waals surface area contributed by atoms with Gasteiger partial charge >= 0.3 is 5.97 Å². The number of fused-ring (bicyclic) bond motifs is 2. The van der Waals surface area contributed by atoms with E-state index in [-0.39, 0.29) is 55.4 Å². The third-order valence-electron chi connectivity index (χ3n) is 15.1. The molecular weight excluding hydrogens is 1210 g/mol. The van der Waals surface area contributed by atoms with Gasteiger partial charge in [0.2, 0.25) is 65.0 Å². The molecule has 5 aromatic rings. The fourth-order valence-electron chi connectivity index (χ4n) is 10.2.